The number of hydrogen-bond donors (Lipinski definition) is 2. The van der Waals surface area contributed by atoms with Gasteiger partial charge in [-0.25, -0.2) is 0 Å². The van der Waals surface area contributed by atoms with Crippen LogP contribution in [0.4, 0.5) is 11.4 Å². The van der Waals surface area contributed by atoms with Gasteiger partial charge in [0.15, 0.2) is 6.10 Å². The monoisotopic (exact) mass is 327 g/mol. The Kier molecular flexibility index (Phi) is 5.15. The minimum atomic E-state index is -0.617. The minimum Gasteiger partial charge on any atom is -0.376 e. The van der Waals surface area contributed by atoms with E-state index in [-0.39, 0.29) is 18.4 Å². The second-order valence-electron chi connectivity index (χ2n) is 5.19. The topological polar surface area (TPSA) is 89.6 Å². The number of anilines is 2. The number of aromatic nitrogens is 1. The second-order valence-corrected chi connectivity index (χ2v) is 5.19. The van der Waals surface area contributed by atoms with Crippen molar-refractivity contribution in [1.29, 1.82) is 0 Å². The lowest BCUT2D eigenvalue weighted by Gasteiger charge is -2.22. The average molecular weight is 327 g/mol. The van der Waals surface area contributed by atoms with Crippen LogP contribution < -0.4 is 10.6 Å². The van der Waals surface area contributed by atoms with Gasteiger partial charge >= 0.3 is 0 Å². The molecule has 3 rings (SSSR count). The summed E-state index contributed by atoms with van der Waals surface area (Å²) in [4.78, 5) is 28.1. The van der Waals surface area contributed by atoms with Gasteiger partial charge < -0.3 is 20.1 Å². The molecule has 2 N–H and O–H groups in total. The quantitative estimate of drug-likeness (QED) is 0.892. The lowest BCUT2D eigenvalue weighted by atomic mass is 10.2. The van der Waals surface area contributed by atoms with Crippen LogP contribution in [0.5, 0.6) is 0 Å². The Morgan fingerprint density at radius 2 is 1.79 bits per heavy atom. The molecule has 1 saturated heterocycles. The standard InChI is InChI=1S/C17H17N3O4/c21-16(12-4-6-18-7-5-12)19-13-2-1-3-14(10-13)20-17(22)15-11-23-8-9-24-15/h1-7,10,15H,8-9,11H2,(H,19,21)(H,20,22)/t15-/m1/s1. The molecule has 0 bridgehead atoms. The third-order valence-electron chi connectivity index (χ3n) is 3.44. The lowest BCUT2D eigenvalue weighted by Crippen LogP contribution is -2.39. The van der Waals surface area contributed by atoms with Gasteiger partial charge in [-0.2, -0.15) is 0 Å². The maximum absolute atomic E-state index is 12.1. The molecule has 1 fully saturated rings. The summed E-state index contributed by atoms with van der Waals surface area (Å²) in [5.41, 5.74) is 1.66. The van der Waals surface area contributed by atoms with Crippen molar-refractivity contribution in [2.75, 3.05) is 30.5 Å². The molecule has 0 spiro atoms. The number of carbonyl (C=O) groups is 2. The predicted molar refractivity (Wildman–Crippen MR) is 87.8 cm³/mol. The van der Waals surface area contributed by atoms with Crippen LogP contribution in [0.3, 0.4) is 0 Å². The molecule has 1 aliphatic rings. The van der Waals surface area contributed by atoms with Crippen LogP contribution >= 0.6 is 0 Å². The maximum atomic E-state index is 12.1. The van der Waals surface area contributed by atoms with Crippen LogP contribution in [-0.2, 0) is 14.3 Å². The maximum Gasteiger partial charge on any atom is 0.255 e. The Bertz CT molecular complexity index is 715. The minimum absolute atomic E-state index is 0.240. The fourth-order valence-electron chi connectivity index (χ4n) is 2.24. The number of hydrogen-bond acceptors (Lipinski definition) is 5. The van der Waals surface area contributed by atoms with Crippen molar-refractivity contribution in [1.82, 2.24) is 4.98 Å². The van der Waals surface area contributed by atoms with E-state index in [0.29, 0.717) is 30.2 Å². The SMILES string of the molecule is O=C(Nc1cccc(NC(=O)[C@H]2COCCO2)c1)c1ccncc1. The number of benzene rings is 1. The summed E-state index contributed by atoms with van der Waals surface area (Å²) in [6, 6.07) is 10.2. The van der Waals surface area contributed by atoms with Gasteiger partial charge in [-0.05, 0) is 30.3 Å². The predicted octanol–water partition coefficient (Wildman–Crippen LogP) is 1.69. The van der Waals surface area contributed by atoms with E-state index >= 15 is 0 Å². The van der Waals surface area contributed by atoms with Crippen molar-refractivity contribution in [2.45, 2.75) is 6.10 Å². The molecule has 0 radical (unpaired) electrons. The van der Waals surface area contributed by atoms with E-state index in [1.165, 1.54) is 0 Å². The Balaban J connectivity index is 1.63. The van der Waals surface area contributed by atoms with Gasteiger partial charge in [0.05, 0.1) is 19.8 Å². The summed E-state index contributed by atoms with van der Waals surface area (Å²) in [5.74, 6) is -0.516. The molecule has 2 heterocycles. The van der Waals surface area contributed by atoms with E-state index in [0.717, 1.165) is 0 Å². The largest absolute Gasteiger partial charge is 0.376 e. The molecule has 1 atom stereocenters. The van der Waals surface area contributed by atoms with Crippen LogP contribution in [0.1, 0.15) is 10.4 Å². The van der Waals surface area contributed by atoms with Gasteiger partial charge in [0.1, 0.15) is 0 Å². The summed E-state index contributed by atoms with van der Waals surface area (Å²) >= 11 is 0. The van der Waals surface area contributed by atoms with E-state index in [1.54, 1.807) is 48.8 Å². The highest BCUT2D eigenvalue weighted by Gasteiger charge is 2.22. The van der Waals surface area contributed by atoms with Crippen LogP contribution in [0, 0.1) is 0 Å². The first-order chi connectivity index (χ1) is 11.7. The normalized spacial score (nSPS) is 17.1. The van der Waals surface area contributed by atoms with Crippen molar-refractivity contribution in [3.8, 4) is 0 Å². The highest BCUT2D eigenvalue weighted by molar-refractivity contribution is 6.04. The van der Waals surface area contributed by atoms with Gasteiger partial charge in [-0.3, -0.25) is 14.6 Å². The number of ether oxygens (including phenoxy) is 2. The molecule has 24 heavy (non-hydrogen) atoms. The Labute approximate surface area is 139 Å². The van der Waals surface area contributed by atoms with Crippen LogP contribution in [0.2, 0.25) is 0 Å². The van der Waals surface area contributed by atoms with Crippen LogP contribution in [0.15, 0.2) is 48.8 Å². The molecule has 1 aromatic heterocycles. The van der Waals surface area contributed by atoms with Gasteiger partial charge in [-0.15, -0.1) is 0 Å². The van der Waals surface area contributed by atoms with Crippen molar-refractivity contribution in [3.63, 3.8) is 0 Å². The summed E-state index contributed by atoms with van der Waals surface area (Å²) in [7, 11) is 0. The first-order valence-corrected chi connectivity index (χ1v) is 7.54. The molecule has 1 aromatic carbocycles. The van der Waals surface area contributed by atoms with E-state index in [4.69, 9.17) is 9.47 Å². The summed E-state index contributed by atoms with van der Waals surface area (Å²) in [6.45, 7) is 1.14. The van der Waals surface area contributed by atoms with Crippen LogP contribution in [0.25, 0.3) is 0 Å². The zero-order valence-corrected chi connectivity index (χ0v) is 12.9. The molecule has 2 aromatic rings. The van der Waals surface area contributed by atoms with Crippen molar-refractivity contribution in [3.05, 3.63) is 54.4 Å². The zero-order valence-electron chi connectivity index (χ0n) is 12.9. The lowest BCUT2D eigenvalue weighted by molar-refractivity contribution is -0.142. The highest BCUT2D eigenvalue weighted by atomic mass is 16.6. The molecule has 7 heteroatoms. The summed E-state index contributed by atoms with van der Waals surface area (Å²) < 4.78 is 10.6. The smallest absolute Gasteiger partial charge is 0.255 e. The van der Waals surface area contributed by atoms with Crippen LogP contribution in [-0.4, -0.2) is 42.7 Å². The molecule has 1 aliphatic heterocycles. The van der Waals surface area contributed by atoms with Gasteiger partial charge in [0, 0.05) is 29.3 Å². The molecule has 0 saturated carbocycles. The second kappa shape index (κ2) is 7.67. The average Bonchev–Trinajstić information content (AvgIpc) is 2.63. The van der Waals surface area contributed by atoms with E-state index < -0.39 is 6.10 Å². The summed E-state index contributed by atoms with van der Waals surface area (Å²) in [5, 5.41) is 5.54. The summed E-state index contributed by atoms with van der Waals surface area (Å²) in [6.07, 6.45) is 2.49. The molecule has 2 amide bonds. The molecular weight excluding hydrogens is 310 g/mol. The molecule has 0 unspecified atom stereocenters. The Morgan fingerprint density at radius 3 is 2.50 bits per heavy atom. The fraction of sp³-hybridized carbons (Fsp3) is 0.235. The molecule has 124 valence electrons. The fourth-order valence-corrected chi connectivity index (χ4v) is 2.24. The number of amides is 2. The Morgan fingerprint density at radius 1 is 1.04 bits per heavy atom. The third-order valence-corrected chi connectivity index (χ3v) is 3.44. The number of pyridine rings is 1. The number of carbonyl (C=O) groups excluding carboxylic acids is 2. The molecule has 0 aliphatic carbocycles. The number of nitrogens with one attached hydrogen (secondary N) is 2. The van der Waals surface area contributed by atoms with Gasteiger partial charge in [-0.1, -0.05) is 6.07 Å². The van der Waals surface area contributed by atoms with Crippen molar-refractivity contribution < 1.29 is 19.1 Å². The third kappa shape index (κ3) is 4.15. The number of rotatable bonds is 4. The first-order valence-electron chi connectivity index (χ1n) is 7.54. The van der Waals surface area contributed by atoms with E-state index in [1.807, 2.05) is 0 Å². The number of nitrogens with zero attached hydrogens (tertiary/aromatic N) is 1. The molecule has 7 nitrogen and oxygen atoms in total. The molecular formula is C17H17N3O4. The van der Waals surface area contributed by atoms with E-state index in [2.05, 4.69) is 15.6 Å². The van der Waals surface area contributed by atoms with Gasteiger partial charge in [0.25, 0.3) is 11.8 Å². The van der Waals surface area contributed by atoms with E-state index in [9.17, 15) is 9.59 Å². The van der Waals surface area contributed by atoms with Crippen molar-refractivity contribution >= 4 is 23.2 Å². The zero-order chi connectivity index (χ0) is 16.8. The van der Waals surface area contributed by atoms with Crippen molar-refractivity contribution in [2.24, 2.45) is 0 Å². The highest BCUT2D eigenvalue weighted by Crippen LogP contribution is 2.17. The van der Waals surface area contributed by atoms with Gasteiger partial charge in [0.2, 0.25) is 0 Å². The first kappa shape index (κ1) is 16.1. The Hall–Kier alpha value is -2.77.